The van der Waals surface area contributed by atoms with Crippen LogP contribution in [0, 0.1) is 0 Å². The van der Waals surface area contributed by atoms with Crippen LogP contribution in [0.1, 0.15) is 13.8 Å². The summed E-state index contributed by atoms with van der Waals surface area (Å²) in [6.07, 6.45) is 0. The summed E-state index contributed by atoms with van der Waals surface area (Å²) in [5.41, 5.74) is 0. The molecule has 0 bridgehead atoms. The van der Waals surface area contributed by atoms with Crippen LogP contribution in [0.25, 0.3) is 0 Å². The molecule has 0 N–H and O–H groups in total. The molecule has 1 aliphatic heterocycles. The molecular formula is C12H26Cl2N4S2. The molecule has 0 aliphatic carbocycles. The van der Waals surface area contributed by atoms with Gasteiger partial charge in [-0.15, -0.1) is 32.7 Å². The van der Waals surface area contributed by atoms with Crippen molar-refractivity contribution in [1.29, 1.82) is 0 Å². The second-order valence-electron chi connectivity index (χ2n) is 5.10. The van der Waals surface area contributed by atoms with Gasteiger partial charge in [0.05, 0.1) is 39.7 Å². The number of thioether (sulfide) groups is 2. The fraction of sp³-hybridized carbons (Fsp3) is 0.833. The Morgan fingerprint density at radius 3 is 1.30 bits per heavy atom. The molecule has 1 rings (SSSR count). The Balaban J connectivity index is 0. The van der Waals surface area contributed by atoms with E-state index in [-0.39, 0.29) is 24.8 Å². The van der Waals surface area contributed by atoms with Crippen molar-refractivity contribution in [3.63, 3.8) is 0 Å². The maximum atomic E-state index is 4.90. The maximum Gasteiger partial charge on any atom is 0.289 e. The molecule has 0 aromatic rings. The lowest BCUT2D eigenvalue weighted by molar-refractivity contribution is -0.866. The Labute approximate surface area is 144 Å². The molecular weight excluding hydrogens is 335 g/mol. The van der Waals surface area contributed by atoms with E-state index in [1.165, 1.54) is 0 Å². The lowest BCUT2D eigenvalue weighted by Crippen LogP contribution is -3.00. The second-order valence-corrected chi connectivity index (χ2v) is 7.64. The highest BCUT2D eigenvalue weighted by molar-refractivity contribution is 8.00. The number of rotatable bonds is 6. The molecule has 0 amide bonds. The summed E-state index contributed by atoms with van der Waals surface area (Å²) < 4.78 is 1.10. The Kier molecular flexibility index (Phi) is 10.9. The third kappa shape index (κ3) is 6.12. The smallest absolute Gasteiger partial charge is 0.289 e. The van der Waals surface area contributed by atoms with Gasteiger partial charge in [-0.25, -0.2) is 0 Å². The van der Waals surface area contributed by atoms with Crippen molar-refractivity contribution in [3.8, 4) is 0 Å². The molecule has 8 heteroatoms. The van der Waals surface area contributed by atoms with E-state index in [9.17, 15) is 0 Å². The molecule has 20 heavy (non-hydrogen) atoms. The first-order valence-electron chi connectivity index (χ1n) is 6.36. The summed E-state index contributed by atoms with van der Waals surface area (Å²) >= 11 is 3.81. The van der Waals surface area contributed by atoms with E-state index in [2.05, 4.69) is 42.0 Å². The number of amidine groups is 2. The summed E-state index contributed by atoms with van der Waals surface area (Å²) in [6.45, 7) is 4.36. The highest BCUT2D eigenvalue weighted by Gasteiger charge is 2.40. The lowest BCUT2D eigenvalue weighted by atomic mass is 10.5. The van der Waals surface area contributed by atoms with Gasteiger partial charge in [0.2, 0.25) is 0 Å². The van der Waals surface area contributed by atoms with Gasteiger partial charge in [-0.05, 0) is 21.7 Å². The van der Waals surface area contributed by atoms with Crippen LogP contribution in [0.5, 0.6) is 0 Å². The summed E-state index contributed by atoms with van der Waals surface area (Å²) in [7, 11) is 8.46. The fourth-order valence-corrected chi connectivity index (χ4v) is 3.19. The molecule has 0 atom stereocenters. The van der Waals surface area contributed by atoms with Gasteiger partial charge in [0.25, 0.3) is 11.7 Å². The minimum Gasteiger partial charge on any atom is -1.00 e. The summed E-state index contributed by atoms with van der Waals surface area (Å²) in [6, 6.07) is 0. The second kappa shape index (κ2) is 9.54. The Morgan fingerprint density at radius 2 is 1.05 bits per heavy atom. The van der Waals surface area contributed by atoms with E-state index in [1.807, 2.05) is 23.5 Å². The van der Waals surface area contributed by atoms with E-state index in [0.29, 0.717) is 9.18 Å². The number of quaternary nitrogens is 2. The zero-order valence-corrected chi connectivity index (χ0v) is 16.3. The topological polar surface area (TPSA) is 24.7 Å². The number of hydrogen-bond donors (Lipinski definition) is 0. The van der Waals surface area contributed by atoms with Crippen molar-refractivity contribution in [2.24, 2.45) is 10.2 Å². The Morgan fingerprint density at radius 1 is 0.750 bits per heavy atom. The van der Waals surface area contributed by atoms with Crippen LogP contribution in [0.4, 0.5) is 0 Å². The first-order valence-corrected chi connectivity index (χ1v) is 8.67. The molecule has 0 radical (unpaired) electrons. The Hall–Kier alpha value is 0.540. The minimum atomic E-state index is 0. The standard InChI is InChI=1S/C12H26N4S2.2ClH/c1-7-17-9-11-13-16(5,6)12(10-18-8-2)14-15(11,3)4;;/h7-10H2,1-6H3;2*1H/q+2;;/p-2. The Bertz CT molecular complexity index is 323. The third-order valence-corrected chi connectivity index (χ3v) is 4.61. The van der Waals surface area contributed by atoms with Crippen LogP contribution in [0.15, 0.2) is 10.2 Å². The van der Waals surface area contributed by atoms with Crippen LogP contribution in [-0.4, -0.2) is 72.1 Å². The largest absolute Gasteiger partial charge is 1.00 e. The molecule has 1 heterocycles. The van der Waals surface area contributed by atoms with Crippen LogP contribution >= 0.6 is 23.5 Å². The zero-order chi connectivity index (χ0) is 13.8. The summed E-state index contributed by atoms with van der Waals surface area (Å²) in [4.78, 5) is 0. The minimum absolute atomic E-state index is 0. The average Bonchev–Trinajstić information content (AvgIpc) is 2.28. The average molecular weight is 361 g/mol. The zero-order valence-electron chi connectivity index (χ0n) is 13.2. The van der Waals surface area contributed by atoms with Crippen molar-refractivity contribution in [2.75, 3.05) is 51.2 Å². The van der Waals surface area contributed by atoms with Gasteiger partial charge in [0, 0.05) is 0 Å². The van der Waals surface area contributed by atoms with E-state index in [1.54, 1.807) is 0 Å². The molecule has 0 spiro atoms. The van der Waals surface area contributed by atoms with E-state index in [0.717, 1.165) is 34.7 Å². The third-order valence-electron chi connectivity index (χ3n) is 2.86. The van der Waals surface area contributed by atoms with Crippen molar-refractivity contribution >= 4 is 35.2 Å². The number of nitrogens with zero attached hydrogens (tertiary/aromatic N) is 4. The van der Waals surface area contributed by atoms with E-state index >= 15 is 0 Å². The highest BCUT2D eigenvalue weighted by Crippen LogP contribution is 2.21. The van der Waals surface area contributed by atoms with Crippen molar-refractivity contribution in [2.45, 2.75) is 13.8 Å². The molecule has 120 valence electrons. The number of halogens is 2. The highest BCUT2D eigenvalue weighted by atomic mass is 35.5. The molecule has 0 saturated heterocycles. The first kappa shape index (κ1) is 22.8. The van der Waals surface area contributed by atoms with Crippen molar-refractivity contribution < 1.29 is 34.0 Å². The van der Waals surface area contributed by atoms with Gasteiger partial charge in [0.15, 0.2) is 0 Å². The quantitative estimate of drug-likeness (QED) is 0.455. The van der Waals surface area contributed by atoms with Crippen LogP contribution in [0.2, 0.25) is 0 Å². The van der Waals surface area contributed by atoms with Gasteiger partial charge in [-0.3, -0.25) is 0 Å². The summed E-state index contributed by atoms with van der Waals surface area (Å²) in [5.74, 6) is 6.46. The molecule has 0 fully saturated rings. The molecule has 0 aromatic carbocycles. The van der Waals surface area contributed by atoms with Gasteiger partial charge in [-0.2, -0.15) is 0 Å². The van der Waals surface area contributed by atoms with Crippen LogP contribution in [0.3, 0.4) is 0 Å². The molecule has 1 aliphatic rings. The van der Waals surface area contributed by atoms with Crippen LogP contribution < -0.4 is 24.8 Å². The van der Waals surface area contributed by atoms with Gasteiger partial charge in [0.1, 0.15) is 0 Å². The normalized spacial score (nSPS) is 19.3. The molecule has 0 unspecified atom stereocenters. The predicted molar refractivity (Wildman–Crippen MR) is 85.1 cm³/mol. The first-order chi connectivity index (χ1) is 8.33. The molecule has 0 saturated carbocycles. The van der Waals surface area contributed by atoms with Crippen LogP contribution in [-0.2, 0) is 0 Å². The monoisotopic (exact) mass is 360 g/mol. The van der Waals surface area contributed by atoms with Gasteiger partial charge >= 0.3 is 0 Å². The predicted octanol–water partition coefficient (Wildman–Crippen LogP) is -3.71. The lowest BCUT2D eigenvalue weighted by Gasteiger charge is -2.33. The van der Waals surface area contributed by atoms with E-state index < -0.39 is 0 Å². The van der Waals surface area contributed by atoms with Gasteiger partial charge < -0.3 is 24.8 Å². The maximum absolute atomic E-state index is 4.90. The number of hydrogen-bond acceptors (Lipinski definition) is 4. The fourth-order valence-electron chi connectivity index (χ4n) is 1.67. The van der Waals surface area contributed by atoms with Crippen molar-refractivity contribution in [1.82, 2.24) is 0 Å². The van der Waals surface area contributed by atoms with Gasteiger partial charge in [-0.1, -0.05) is 13.8 Å². The molecule has 4 nitrogen and oxygen atoms in total. The molecule has 0 aromatic heterocycles. The summed E-state index contributed by atoms with van der Waals surface area (Å²) in [5, 5.41) is 9.80. The van der Waals surface area contributed by atoms with Crippen molar-refractivity contribution in [3.05, 3.63) is 0 Å². The SMILES string of the molecule is CCSCC1=N[N+](C)(C)C(CSCC)=N[N+]1(C)C.[Cl-].[Cl-]. The van der Waals surface area contributed by atoms with E-state index in [4.69, 9.17) is 10.2 Å².